The molecule has 10 heteroatoms. The minimum atomic E-state index is -1.75. The first-order valence-corrected chi connectivity index (χ1v) is 7.42. The number of ether oxygens (including phenoxy) is 3. The monoisotopic (exact) mass is 370 g/mol. The number of aliphatic hydroxyl groups excluding tert-OH is 3. The highest BCUT2D eigenvalue weighted by atomic mass is 16.7. The average molecular weight is 370 g/mol. The Labute approximate surface area is 147 Å². The molecule has 1 aliphatic rings. The zero-order valence-electron chi connectivity index (χ0n) is 13.6. The van der Waals surface area contributed by atoms with Crippen molar-refractivity contribution in [3.63, 3.8) is 0 Å². The Balaban J connectivity index is 2.18. The van der Waals surface area contributed by atoms with Gasteiger partial charge < -0.3 is 39.7 Å². The van der Waals surface area contributed by atoms with E-state index < -0.39 is 48.4 Å². The average Bonchev–Trinajstić information content (AvgIpc) is 2.61. The number of carboxylic acids is 1. The Morgan fingerprint density at radius 2 is 1.85 bits per heavy atom. The van der Waals surface area contributed by atoms with Crippen LogP contribution in [-0.2, 0) is 19.1 Å². The lowest BCUT2D eigenvalue weighted by Gasteiger charge is -2.38. The summed E-state index contributed by atoms with van der Waals surface area (Å²) >= 11 is 0. The van der Waals surface area contributed by atoms with Crippen molar-refractivity contribution >= 4 is 18.0 Å². The number of rotatable bonds is 5. The molecule has 0 amide bonds. The highest BCUT2D eigenvalue weighted by molar-refractivity contribution is 5.85. The predicted octanol–water partition coefficient (Wildman–Crippen LogP) is -1.15. The molecule has 0 spiro atoms. The third-order valence-electron chi connectivity index (χ3n) is 3.65. The third kappa shape index (κ3) is 4.29. The fourth-order valence-corrected chi connectivity index (χ4v) is 2.29. The van der Waals surface area contributed by atoms with Crippen LogP contribution in [0.5, 0.6) is 11.5 Å². The minimum Gasteiger partial charge on any atom is -0.504 e. The predicted molar refractivity (Wildman–Crippen MR) is 84.1 cm³/mol. The van der Waals surface area contributed by atoms with Gasteiger partial charge in [-0.2, -0.15) is 0 Å². The number of carbonyl (C=O) groups is 2. The van der Waals surface area contributed by atoms with Gasteiger partial charge in [-0.3, -0.25) is 0 Å². The van der Waals surface area contributed by atoms with Gasteiger partial charge in [-0.15, -0.1) is 0 Å². The van der Waals surface area contributed by atoms with Crippen LogP contribution in [0, 0.1) is 0 Å². The number of carboxylic acid groups (broad SMARTS) is 1. The molecule has 0 radical (unpaired) electrons. The number of esters is 1. The summed E-state index contributed by atoms with van der Waals surface area (Å²) in [6.45, 7) is 0. The second kappa shape index (κ2) is 8.15. The largest absolute Gasteiger partial charge is 0.504 e. The van der Waals surface area contributed by atoms with Crippen molar-refractivity contribution < 1.29 is 49.3 Å². The molecule has 2 rings (SSSR count). The number of phenolic OH excluding ortho intramolecular Hbond substituents is 1. The molecule has 1 heterocycles. The Kier molecular flexibility index (Phi) is 6.16. The molecule has 142 valence electrons. The normalized spacial score (nSPS) is 28.7. The number of aliphatic carboxylic acids is 1. The first-order valence-electron chi connectivity index (χ1n) is 7.42. The van der Waals surface area contributed by atoms with Gasteiger partial charge in [0.25, 0.3) is 0 Å². The summed E-state index contributed by atoms with van der Waals surface area (Å²) in [5, 5.41) is 48.1. The van der Waals surface area contributed by atoms with E-state index >= 15 is 0 Å². The van der Waals surface area contributed by atoms with Crippen LogP contribution in [0.2, 0.25) is 0 Å². The number of carbonyl (C=O) groups excluding carboxylic acids is 1. The lowest BCUT2D eigenvalue weighted by atomic mass is 9.99. The lowest BCUT2D eigenvalue weighted by Crippen LogP contribution is -2.61. The summed E-state index contributed by atoms with van der Waals surface area (Å²) in [5.41, 5.74) is 0.366. The van der Waals surface area contributed by atoms with Gasteiger partial charge in [-0.1, -0.05) is 6.07 Å². The summed E-state index contributed by atoms with van der Waals surface area (Å²) in [4.78, 5) is 22.1. The fraction of sp³-hybridized carbons (Fsp3) is 0.375. The maximum atomic E-state index is 11.6. The summed E-state index contributed by atoms with van der Waals surface area (Å²) in [5.74, 6) is -2.70. The number of phenols is 1. The van der Waals surface area contributed by atoms with E-state index in [4.69, 9.17) is 14.6 Å². The molecule has 1 aromatic carbocycles. The standard InChI is InChI=1S/C16H18O10/c1-24-15(23)14-12(21)11(20)13(22)16(26-14)25-9-4-2-7(6-8(9)17)3-5-10(18)19/h2-6,11-14,16-17,20-22H,1H3,(H,18,19)/b5-3+/t11-,12-,13+,14-,16+/m0/s1. The van der Waals surface area contributed by atoms with E-state index in [0.29, 0.717) is 5.56 Å². The minimum absolute atomic E-state index is 0.159. The maximum absolute atomic E-state index is 11.6. The second-order valence-corrected chi connectivity index (χ2v) is 5.44. The zero-order valence-corrected chi connectivity index (χ0v) is 13.6. The number of hydrogen-bond donors (Lipinski definition) is 5. The van der Waals surface area contributed by atoms with E-state index in [1.165, 1.54) is 24.3 Å². The topological polar surface area (TPSA) is 163 Å². The van der Waals surface area contributed by atoms with Gasteiger partial charge >= 0.3 is 11.9 Å². The van der Waals surface area contributed by atoms with Gasteiger partial charge in [-0.05, 0) is 23.8 Å². The van der Waals surface area contributed by atoms with E-state index in [1.807, 2.05) is 0 Å². The van der Waals surface area contributed by atoms with Crippen LogP contribution < -0.4 is 4.74 Å². The quantitative estimate of drug-likeness (QED) is 0.316. The van der Waals surface area contributed by atoms with E-state index in [0.717, 1.165) is 13.2 Å². The van der Waals surface area contributed by atoms with Crippen LogP contribution in [-0.4, -0.2) is 75.3 Å². The first kappa shape index (κ1) is 19.7. The SMILES string of the molecule is COC(=O)[C@H]1O[C@@H](Oc2ccc(/C=C/C(=O)O)cc2O)[C@H](O)[C@@H](O)[C@@H]1O. The highest BCUT2D eigenvalue weighted by Gasteiger charge is 2.48. The Morgan fingerprint density at radius 3 is 2.42 bits per heavy atom. The molecule has 1 saturated heterocycles. The van der Waals surface area contributed by atoms with Gasteiger partial charge in [0.1, 0.15) is 18.3 Å². The summed E-state index contributed by atoms with van der Waals surface area (Å²) in [6.07, 6.45) is -6.25. The van der Waals surface area contributed by atoms with Crippen molar-refractivity contribution in [3.8, 4) is 11.5 Å². The number of benzene rings is 1. The van der Waals surface area contributed by atoms with Crippen LogP contribution in [0.25, 0.3) is 6.08 Å². The first-order chi connectivity index (χ1) is 12.2. The van der Waals surface area contributed by atoms with Crippen LogP contribution in [0.3, 0.4) is 0 Å². The maximum Gasteiger partial charge on any atom is 0.337 e. The fourth-order valence-electron chi connectivity index (χ4n) is 2.29. The molecular formula is C16H18O10. The molecule has 0 bridgehead atoms. The van der Waals surface area contributed by atoms with Crippen LogP contribution >= 0.6 is 0 Å². The molecule has 26 heavy (non-hydrogen) atoms. The molecule has 1 aromatic rings. The van der Waals surface area contributed by atoms with Crippen molar-refractivity contribution in [3.05, 3.63) is 29.8 Å². The molecule has 0 unspecified atom stereocenters. The molecule has 0 saturated carbocycles. The van der Waals surface area contributed by atoms with Crippen molar-refractivity contribution in [2.45, 2.75) is 30.7 Å². The number of methoxy groups -OCH3 is 1. The van der Waals surface area contributed by atoms with Gasteiger partial charge in [0.05, 0.1) is 7.11 Å². The van der Waals surface area contributed by atoms with E-state index in [2.05, 4.69) is 4.74 Å². The van der Waals surface area contributed by atoms with Gasteiger partial charge in [-0.25, -0.2) is 9.59 Å². The van der Waals surface area contributed by atoms with E-state index in [9.17, 15) is 30.0 Å². The molecule has 1 aliphatic heterocycles. The van der Waals surface area contributed by atoms with Crippen molar-refractivity contribution in [1.29, 1.82) is 0 Å². The molecule has 1 fully saturated rings. The van der Waals surface area contributed by atoms with Crippen molar-refractivity contribution in [1.82, 2.24) is 0 Å². The molecule has 5 atom stereocenters. The molecule has 10 nitrogen and oxygen atoms in total. The Morgan fingerprint density at radius 1 is 1.15 bits per heavy atom. The molecular weight excluding hydrogens is 352 g/mol. The highest BCUT2D eigenvalue weighted by Crippen LogP contribution is 2.31. The van der Waals surface area contributed by atoms with Crippen molar-refractivity contribution in [2.75, 3.05) is 7.11 Å². The second-order valence-electron chi connectivity index (χ2n) is 5.44. The van der Waals surface area contributed by atoms with Gasteiger partial charge in [0.2, 0.25) is 6.29 Å². The molecule has 5 N–H and O–H groups in total. The summed E-state index contributed by atoms with van der Waals surface area (Å²) in [6, 6.07) is 3.90. The van der Waals surface area contributed by atoms with Crippen molar-refractivity contribution in [2.24, 2.45) is 0 Å². The van der Waals surface area contributed by atoms with Gasteiger partial charge in [0.15, 0.2) is 17.6 Å². The van der Waals surface area contributed by atoms with Crippen LogP contribution in [0.1, 0.15) is 5.56 Å². The van der Waals surface area contributed by atoms with Crippen LogP contribution in [0.4, 0.5) is 0 Å². The number of aliphatic hydroxyl groups is 3. The number of hydrogen-bond acceptors (Lipinski definition) is 9. The molecule has 0 aliphatic carbocycles. The Hall–Kier alpha value is -2.66. The summed E-state index contributed by atoms with van der Waals surface area (Å²) < 4.78 is 14.9. The third-order valence-corrected chi connectivity index (χ3v) is 3.65. The molecule has 0 aromatic heterocycles. The Bertz CT molecular complexity index is 700. The zero-order chi connectivity index (χ0) is 19.4. The lowest BCUT2D eigenvalue weighted by molar-refractivity contribution is -0.272. The van der Waals surface area contributed by atoms with Crippen LogP contribution in [0.15, 0.2) is 24.3 Å². The smallest absolute Gasteiger partial charge is 0.337 e. The summed E-state index contributed by atoms with van der Waals surface area (Å²) in [7, 11) is 1.06. The van der Waals surface area contributed by atoms with Gasteiger partial charge in [0, 0.05) is 6.08 Å². The van der Waals surface area contributed by atoms with E-state index in [-0.39, 0.29) is 5.75 Å². The number of aromatic hydroxyl groups is 1. The van der Waals surface area contributed by atoms with E-state index in [1.54, 1.807) is 0 Å².